The molecule has 2 atom stereocenters. The Balaban J connectivity index is 2.39. The van der Waals surface area contributed by atoms with Gasteiger partial charge in [-0.15, -0.1) is 11.3 Å². The van der Waals surface area contributed by atoms with Gasteiger partial charge in [0.25, 0.3) is 0 Å². The van der Waals surface area contributed by atoms with E-state index < -0.39 is 0 Å². The fourth-order valence-corrected chi connectivity index (χ4v) is 1.90. The van der Waals surface area contributed by atoms with E-state index in [-0.39, 0.29) is 12.6 Å². The second kappa shape index (κ2) is 5.44. The fraction of sp³-hybridized carbons (Fsp3) is 0.700. The van der Waals surface area contributed by atoms with E-state index in [0.29, 0.717) is 5.92 Å². The quantitative estimate of drug-likeness (QED) is 0.784. The maximum Gasteiger partial charge on any atom is 0.109 e. The van der Waals surface area contributed by atoms with E-state index in [1.54, 1.807) is 11.3 Å². The van der Waals surface area contributed by atoms with Gasteiger partial charge < -0.3 is 10.4 Å². The lowest BCUT2D eigenvalue weighted by atomic mass is 10.2. The summed E-state index contributed by atoms with van der Waals surface area (Å²) in [4.78, 5) is 5.55. The molecule has 0 spiro atoms. The minimum absolute atomic E-state index is 0.233. The molecule has 0 aromatic carbocycles. The number of nitrogens with one attached hydrogen (secondary N) is 1. The van der Waals surface area contributed by atoms with Gasteiger partial charge in [0, 0.05) is 24.2 Å². The van der Waals surface area contributed by atoms with Crippen LogP contribution in [0.5, 0.6) is 0 Å². The molecule has 4 heteroatoms. The summed E-state index contributed by atoms with van der Waals surface area (Å²) >= 11 is 1.72. The maximum absolute atomic E-state index is 8.87. The lowest BCUT2D eigenvalue weighted by Gasteiger charge is -2.14. The van der Waals surface area contributed by atoms with Crippen LogP contribution in [0, 0.1) is 12.8 Å². The summed E-state index contributed by atoms with van der Waals surface area (Å²) in [7, 11) is 0. The van der Waals surface area contributed by atoms with Crippen molar-refractivity contribution in [1.82, 2.24) is 10.3 Å². The molecule has 0 bridgehead atoms. The molecule has 3 nitrogen and oxygen atoms in total. The minimum Gasteiger partial charge on any atom is -0.396 e. The average molecular weight is 214 g/mol. The molecule has 1 heterocycles. The molecule has 0 amide bonds. The summed E-state index contributed by atoms with van der Waals surface area (Å²) in [5.41, 5.74) is 0. The van der Waals surface area contributed by atoms with Crippen molar-refractivity contribution < 1.29 is 5.11 Å². The lowest BCUT2D eigenvalue weighted by Crippen LogP contribution is -2.25. The Morgan fingerprint density at radius 2 is 2.29 bits per heavy atom. The molecule has 0 radical (unpaired) electrons. The number of hydrogen-bond acceptors (Lipinski definition) is 4. The highest BCUT2D eigenvalue weighted by molar-refractivity contribution is 7.11. The van der Waals surface area contributed by atoms with Crippen LogP contribution in [-0.4, -0.2) is 23.2 Å². The Morgan fingerprint density at radius 3 is 2.79 bits per heavy atom. The van der Waals surface area contributed by atoms with Gasteiger partial charge in [-0.25, -0.2) is 4.98 Å². The van der Waals surface area contributed by atoms with Gasteiger partial charge in [0.05, 0.1) is 6.04 Å². The van der Waals surface area contributed by atoms with Gasteiger partial charge in [0.2, 0.25) is 0 Å². The van der Waals surface area contributed by atoms with Crippen molar-refractivity contribution in [3.63, 3.8) is 0 Å². The molecule has 2 N–H and O–H groups in total. The van der Waals surface area contributed by atoms with Gasteiger partial charge >= 0.3 is 0 Å². The maximum atomic E-state index is 8.87. The van der Waals surface area contributed by atoms with Crippen LogP contribution in [0.1, 0.15) is 29.8 Å². The van der Waals surface area contributed by atoms with Gasteiger partial charge in [-0.2, -0.15) is 0 Å². The topological polar surface area (TPSA) is 45.2 Å². The van der Waals surface area contributed by atoms with Crippen LogP contribution in [0.4, 0.5) is 0 Å². The highest BCUT2D eigenvalue weighted by Gasteiger charge is 2.09. The fourth-order valence-electron chi connectivity index (χ4n) is 1.10. The van der Waals surface area contributed by atoms with Gasteiger partial charge in [0.15, 0.2) is 0 Å². The molecule has 80 valence electrons. The zero-order valence-electron chi connectivity index (χ0n) is 8.95. The number of hydrogen-bond donors (Lipinski definition) is 2. The zero-order chi connectivity index (χ0) is 10.6. The highest BCUT2D eigenvalue weighted by Crippen LogP contribution is 2.18. The smallest absolute Gasteiger partial charge is 0.109 e. The monoisotopic (exact) mass is 214 g/mol. The van der Waals surface area contributed by atoms with Crippen molar-refractivity contribution >= 4 is 11.3 Å². The molecule has 0 saturated heterocycles. The molecule has 2 unspecified atom stereocenters. The van der Waals surface area contributed by atoms with Crippen molar-refractivity contribution in [3.8, 4) is 0 Å². The number of thiazole rings is 1. The standard InChI is InChI=1S/C10H18N2OS/c1-7(6-13)4-11-9(3)10-12-5-8(2)14-10/h5,7,9,11,13H,4,6H2,1-3H3. The molecule has 1 aromatic heterocycles. The minimum atomic E-state index is 0.233. The number of aliphatic hydroxyl groups is 1. The number of aryl methyl sites for hydroxylation is 1. The Hall–Kier alpha value is -0.450. The van der Waals surface area contributed by atoms with E-state index >= 15 is 0 Å². The number of nitrogens with zero attached hydrogens (tertiary/aromatic N) is 1. The SMILES string of the molecule is Cc1cnc(C(C)NCC(C)CO)s1. The van der Waals surface area contributed by atoms with Crippen molar-refractivity contribution in [2.75, 3.05) is 13.2 Å². The lowest BCUT2D eigenvalue weighted by molar-refractivity contribution is 0.231. The highest BCUT2D eigenvalue weighted by atomic mass is 32.1. The number of aromatic nitrogens is 1. The third-order valence-corrected chi connectivity index (χ3v) is 3.19. The third kappa shape index (κ3) is 3.36. The van der Waals surface area contributed by atoms with E-state index in [2.05, 4.69) is 24.1 Å². The summed E-state index contributed by atoms with van der Waals surface area (Å²) in [5.74, 6) is 0.304. The predicted molar refractivity (Wildman–Crippen MR) is 59.5 cm³/mol. The first-order chi connectivity index (χ1) is 6.63. The average Bonchev–Trinajstić information content (AvgIpc) is 2.60. The zero-order valence-corrected chi connectivity index (χ0v) is 9.77. The molecule has 0 fully saturated rings. The molecular formula is C10H18N2OS. The summed E-state index contributed by atoms with van der Waals surface area (Å²) in [6, 6.07) is 0.280. The molecule has 0 aliphatic carbocycles. The first kappa shape index (κ1) is 11.6. The Labute approximate surface area is 89.2 Å². The number of aliphatic hydroxyl groups excluding tert-OH is 1. The number of rotatable bonds is 5. The van der Waals surface area contributed by atoms with Gasteiger partial charge in [0.1, 0.15) is 5.01 Å². The molecule has 0 aliphatic rings. The van der Waals surface area contributed by atoms with Crippen LogP contribution in [-0.2, 0) is 0 Å². The normalized spacial score (nSPS) is 15.4. The predicted octanol–water partition coefficient (Wildman–Crippen LogP) is 1.73. The summed E-state index contributed by atoms with van der Waals surface area (Å²) in [6.07, 6.45) is 1.90. The van der Waals surface area contributed by atoms with Gasteiger partial charge in [-0.05, 0) is 19.8 Å². The van der Waals surface area contributed by atoms with Crippen LogP contribution >= 0.6 is 11.3 Å². The van der Waals surface area contributed by atoms with E-state index in [1.807, 2.05) is 13.1 Å². The van der Waals surface area contributed by atoms with E-state index in [0.717, 1.165) is 11.6 Å². The first-order valence-corrected chi connectivity index (χ1v) is 5.71. The third-order valence-electron chi connectivity index (χ3n) is 2.09. The van der Waals surface area contributed by atoms with Crippen LogP contribution in [0.25, 0.3) is 0 Å². The second-order valence-electron chi connectivity index (χ2n) is 3.73. The van der Waals surface area contributed by atoms with Crippen LogP contribution in [0.15, 0.2) is 6.20 Å². The van der Waals surface area contributed by atoms with E-state index in [4.69, 9.17) is 5.11 Å². The van der Waals surface area contributed by atoms with Crippen molar-refractivity contribution in [2.24, 2.45) is 5.92 Å². The van der Waals surface area contributed by atoms with Crippen LogP contribution < -0.4 is 5.32 Å². The molecule has 0 aliphatic heterocycles. The summed E-state index contributed by atoms with van der Waals surface area (Å²) in [5, 5.41) is 13.3. The second-order valence-corrected chi connectivity index (χ2v) is 4.99. The molecule has 14 heavy (non-hydrogen) atoms. The van der Waals surface area contributed by atoms with Crippen LogP contribution in [0.3, 0.4) is 0 Å². The van der Waals surface area contributed by atoms with E-state index in [9.17, 15) is 0 Å². The summed E-state index contributed by atoms with van der Waals surface area (Å²) in [6.45, 7) is 7.24. The van der Waals surface area contributed by atoms with Crippen molar-refractivity contribution in [2.45, 2.75) is 26.8 Å². The van der Waals surface area contributed by atoms with Crippen LogP contribution in [0.2, 0.25) is 0 Å². The molecule has 0 saturated carbocycles. The van der Waals surface area contributed by atoms with Crippen molar-refractivity contribution in [1.29, 1.82) is 0 Å². The van der Waals surface area contributed by atoms with Crippen molar-refractivity contribution in [3.05, 3.63) is 16.1 Å². The van der Waals surface area contributed by atoms with Gasteiger partial charge in [-0.3, -0.25) is 0 Å². The molecule has 1 rings (SSSR count). The largest absolute Gasteiger partial charge is 0.396 e. The Morgan fingerprint density at radius 1 is 1.57 bits per heavy atom. The first-order valence-electron chi connectivity index (χ1n) is 4.90. The van der Waals surface area contributed by atoms with E-state index in [1.165, 1.54) is 4.88 Å². The Bertz CT molecular complexity index is 275. The Kier molecular flexibility index (Phi) is 4.51. The molecule has 1 aromatic rings. The molecular weight excluding hydrogens is 196 g/mol. The van der Waals surface area contributed by atoms with Gasteiger partial charge in [-0.1, -0.05) is 6.92 Å². The summed E-state index contributed by atoms with van der Waals surface area (Å²) < 4.78 is 0.